The standard InChI is InChI=1S/C27H28N4O3S/c32-25(29-18-20-12-14-22(15-13-20)34-19-21-8-5-6-16-28-21)11-2-1-7-17-31-26(33)23-9-3-4-10-24(23)30-27(31)35/h3-6,8-10,12-16H,1-2,7,11,17-19H2,(H,29,32)(H,30,35). The number of carbonyl (C=O) groups is 1. The first-order valence-electron chi connectivity index (χ1n) is 11.7. The van der Waals surface area contributed by atoms with Crippen molar-refractivity contribution in [2.45, 2.75) is 45.4 Å². The summed E-state index contributed by atoms with van der Waals surface area (Å²) in [5.41, 5.74) is 2.56. The fraction of sp³-hybridized carbons (Fsp3) is 0.259. The summed E-state index contributed by atoms with van der Waals surface area (Å²) in [6.07, 6.45) is 4.56. The minimum atomic E-state index is -0.0738. The molecule has 0 saturated heterocycles. The molecular weight excluding hydrogens is 460 g/mol. The van der Waals surface area contributed by atoms with Crippen LogP contribution < -0.4 is 15.6 Å². The Morgan fingerprint density at radius 2 is 1.80 bits per heavy atom. The van der Waals surface area contributed by atoms with Gasteiger partial charge in [-0.1, -0.05) is 36.8 Å². The molecule has 0 atom stereocenters. The van der Waals surface area contributed by atoms with E-state index in [1.807, 2.05) is 60.7 Å². The van der Waals surface area contributed by atoms with Crippen LogP contribution in [0.3, 0.4) is 0 Å². The van der Waals surface area contributed by atoms with Crippen LogP contribution in [0.25, 0.3) is 10.9 Å². The zero-order valence-corrected chi connectivity index (χ0v) is 20.2. The number of ether oxygens (including phenoxy) is 1. The highest BCUT2D eigenvalue weighted by Crippen LogP contribution is 2.14. The topological polar surface area (TPSA) is 89.0 Å². The predicted molar refractivity (Wildman–Crippen MR) is 139 cm³/mol. The lowest BCUT2D eigenvalue weighted by Gasteiger charge is -2.09. The van der Waals surface area contributed by atoms with Gasteiger partial charge in [-0.15, -0.1) is 0 Å². The van der Waals surface area contributed by atoms with E-state index >= 15 is 0 Å². The molecule has 2 aromatic carbocycles. The number of fused-ring (bicyclic) bond motifs is 1. The molecule has 180 valence electrons. The second-order valence-corrected chi connectivity index (χ2v) is 8.66. The molecule has 8 heteroatoms. The summed E-state index contributed by atoms with van der Waals surface area (Å²) in [6, 6.07) is 20.8. The van der Waals surface area contributed by atoms with E-state index in [2.05, 4.69) is 15.3 Å². The van der Waals surface area contributed by atoms with Gasteiger partial charge >= 0.3 is 0 Å². The van der Waals surface area contributed by atoms with Crippen molar-refractivity contribution in [2.24, 2.45) is 0 Å². The van der Waals surface area contributed by atoms with Gasteiger partial charge in [0.15, 0.2) is 4.77 Å². The fourth-order valence-corrected chi connectivity index (χ4v) is 4.05. The number of amides is 1. The van der Waals surface area contributed by atoms with Crippen molar-refractivity contribution in [1.82, 2.24) is 19.9 Å². The Kier molecular flexibility index (Phi) is 8.40. The minimum absolute atomic E-state index is 0.0145. The number of pyridine rings is 1. The Morgan fingerprint density at radius 1 is 1.00 bits per heavy atom. The first-order valence-corrected chi connectivity index (χ1v) is 12.1. The number of aromatic amines is 1. The Balaban J connectivity index is 1.15. The van der Waals surface area contributed by atoms with Crippen LogP contribution in [0.4, 0.5) is 0 Å². The molecule has 0 bridgehead atoms. The maximum absolute atomic E-state index is 12.7. The van der Waals surface area contributed by atoms with Crippen LogP contribution in [0.5, 0.6) is 5.75 Å². The smallest absolute Gasteiger partial charge is 0.262 e. The molecule has 0 spiro atoms. The minimum Gasteiger partial charge on any atom is -0.487 e. The van der Waals surface area contributed by atoms with E-state index < -0.39 is 0 Å². The number of carbonyl (C=O) groups excluding carboxylic acids is 1. The Labute approximate surface area is 208 Å². The van der Waals surface area contributed by atoms with E-state index in [-0.39, 0.29) is 11.5 Å². The summed E-state index contributed by atoms with van der Waals surface area (Å²) in [4.78, 5) is 32.2. The number of aromatic nitrogens is 3. The lowest BCUT2D eigenvalue weighted by atomic mass is 10.1. The van der Waals surface area contributed by atoms with Gasteiger partial charge in [-0.05, 0) is 67.0 Å². The summed E-state index contributed by atoms with van der Waals surface area (Å²) in [5, 5.41) is 3.59. The lowest BCUT2D eigenvalue weighted by Crippen LogP contribution is -2.23. The molecule has 0 aliphatic carbocycles. The normalized spacial score (nSPS) is 10.9. The van der Waals surface area contributed by atoms with Crippen LogP contribution in [0.2, 0.25) is 0 Å². The maximum atomic E-state index is 12.7. The van der Waals surface area contributed by atoms with Crippen LogP contribution in [0.15, 0.2) is 77.7 Å². The average molecular weight is 489 g/mol. The van der Waals surface area contributed by atoms with Crippen molar-refractivity contribution in [1.29, 1.82) is 0 Å². The number of hydrogen-bond acceptors (Lipinski definition) is 5. The molecule has 0 unspecified atom stereocenters. The molecule has 0 saturated carbocycles. The van der Waals surface area contributed by atoms with Gasteiger partial charge in [-0.2, -0.15) is 0 Å². The van der Waals surface area contributed by atoms with Crippen LogP contribution in [0.1, 0.15) is 36.9 Å². The maximum Gasteiger partial charge on any atom is 0.262 e. The zero-order valence-electron chi connectivity index (χ0n) is 19.4. The van der Waals surface area contributed by atoms with Crippen molar-refractivity contribution in [3.63, 3.8) is 0 Å². The van der Waals surface area contributed by atoms with Crippen molar-refractivity contribution >= 4 is 29.0 Å². The van der Waals surface area contributed by atoms with Gasteiger partial charge in [0.2, 0.25) is 5.91 Å². The van der Waals surface area contributed by atoms with Gasteiger partial charge in [0.05, 0.1) is 16.6 Å². The summed E-state index contributed by atoms with van der Waals surface area (Å²) in [7, 11) is 0. The van der Waals surface area contributed by atoms with E-state index in [0.29, 0.717) is 36.3 Å². The van der Waals surface area contributed by atoms with Gasteiger partial charge < -0.3 is 15.0 Å². The summed E-state index contributed by atoms with van der Waals surface area (Å²) in [6.45, 7) is 1.43. The van der Waals surface area contributed by atoms with Crippen molar-refractivity contribution in [3.8, 4) is 5.75 Å². The van der Waals surface area contributed by atoms with E-state index in [1.54, 1.807) is 16.8 Å². The predicted octanol–water partition coefficient (Wildman–Crippen LogP) is 4.91. The number of unbranched alkanes of at least 4 members (excludes halogenated alkanes) is 2. The van der Waals surface area contributed by atoms with E-state index in [1.165, 1.54) is 0 Å². The average Bonchev–Trinajstić information content (AvgIpc) is 2.89. The number of benzene rings is 2. The number of nitrogens with one attached hydrogen (secondary N) is 2. The third kappa shape index (κ3) is 6.86. The van der Waals surface area contributed by atoms with Gasteiger partial charge in [0, 0.05) is 25.7 Å². The Hall–Kier alpha value is -3.78. The molecule has 1 amide bonds. The zero-order chi connectivity index (χ0) is 24.5. The monoisotopic (exact) mass is 488 g/mol. The summed E-state index contributed by atoms with van der Waals surface area (Å²) < 4.78 is 7.77. The van der Waals surface area contributed by atoms with E-state index in [0.717, 1.165) is 41.8 Å². The van der Waals surface area contributed by atoms with E-state index in [4.69, 9.17) is 17.0 Å². The highest BCUT2D eigenvalue weighted by atomic mass is 32.1. The fourth-order valence-electron chi connectivity index (χ4n) is 3.77. The molecule has 4 aromatic rings. The highest BCUT2D eigenvalue weighted by Gasteiger charge is 2.06. The summed E-state index contributed by atoms with van der Waals surface area (Å²) in [5.74, 6) is 0.775. The third-order valence-corrected chi connectivity index (χ3v) is 6.02. The SMILES string of the molecule is O=C(CCCCCn1c(=S)[nH]c2ccccc2c1=O)NCc1ccc(OCc2ccccn2)cc1. The quantitative estimate of drug-likeness (QED) is 0.231. The molecule has 0 aliphatic rings. The molecule has 2 aromatic heterocycles. The number of H-pyrrole nitrogens is 1. The molecule has 35 heavy (non-hydrogen) atoms. The van der Waals surface area contributed by atoms with Crippen molar-refractivity contribution in [3.05, 3.63) is 99.3 Å². The Bertz CT molecular complexity index is 1380. The highest BCUT2D eigenvalue weighted by molar-refractivity contribution is 7.71. The third-order valence-electron chi connectivity index (χ3n) is 5.70. The van der Waals surface area contributed by atoms with Crippen LogP contribution in [-0.4, -0.2) is 20.4 Å². The molecule has 7 nitrogen and oxygen atoms in total. The molecule has 0 fully saturated rings. The van der Waals surface area contributed by atoms with Gasteiger partial charge in [0.1, 0.15) is 12.4 Å². The van der Waals surface area contributed by atoms with Gasteiger partial charge in [0.25, 0.3) is 5.56 Å². The second kappa shape index (κ2) is 12.1. The molecule has 4 rings (SSSR count). The van der Waals surface area contributed by atoms with Crippen molar-refractivity contribution in [2.75, 3.05) is 0 Å². The molecule has 2 N–H and O–H groups in total. The first-order chi connectivity index (χ1) is 17.1. The summed E-state index contributed by atoms with van der Waals surface area (Å²) >= 11 is 5.35. The lowest BCUT2D eigenvalue weighted by molar-refractivity contribution is -0.121. The largest absolute Gasteiger partial charge is 0.487 e. The van der Waals surface area contributed by atoms with Crippen molar-refractivity contribution < 1.29 is 9.53 Å². The van der Waals surface area contributed by atoms with Crippen LogP contribution in [-0.2, 0) is 24.5 Å². The Morgan fingerprint density at radius 3 is 2.60 bits per heavy atom. The molecule has 0 aliphatic heterocycles. The molecule has 0 radical (unpaired) electrons. The second-order valence-electron chi connectivity index (χ2n) is 8.27. The number of hydrogen-bond donors (Lipinski definition) is 2. The molecule has 2 heterocycles. The molecular formula is C27H28N4O3S. The number of para-hydroxylation sites is 1. The van der Waals surface area contributed by atoms with E-state index in [9.17, 15) is 9.59 Å². The first kappa shape index (κ1) is 24.3. The van der Waals surface area contributed by atoms with Gasteiger partial charge in [-0.25, -0.2) is 0 Å². The van der Waals surface area contributed by atoms with Gasteiger partial charge in [-0.3, -0.25) is 19.1 Å². The number of rotatable bonds is 11. The van der Waals surface area contributed by atoms with Crippen LogP contribution >= 0.6 is 12.2 Å². The van der Waals surface area contributed by atoms with Crippen LogP contribution in [0, 0.1) is 4.77 Å². The number of nitrogens with zero attached hydrogens (tertiary/aromatic N) is 2.